The number of carboxylic acid groups (broad SMARTS) is 1. The lowest BCUT2D eigenvalue weighted by molar-refractivity contribution is -0.143. The van der Waals surface area contributed by atoms with Gasteiger partial charge in [0, 0.05) is 32.5 Å². The van der Waals surface area contributed by atoms with Gasteiger partial charge in [-0.05, 0) is 62.8 Å². The van der Waals surface area contributed by atoms with Crippen molar-refractivity contribution in [1.82, 2.24) is 31.1 Å². The number of aliphatic carboxylic acids is 1. The minimum atomic E-state index is -1.29. The molecule has 6 atom stereocenters. The van der Waals surface area contributed by atoms with Crippen LogP contribution in [0.2, 0.25) is 0 Å². The highest BCUT2D eigenvalue weighted by molar-refractivity contribution is 5.96. The third-order valence-electron chi connectivity index (χ3n) is 9.96. The van der Waals surface area contributed by atoms with Crippen LogP contribution in [-0.4, -0.2) is 131 Å². The van der Waals surface area contributed by atoms with Crippen LogP contribution in [-0.2, 0) is 44.8 Å². The molecule has 2 aliphatic rings. The van der Waals surface area contributed by atoms with E-state index in [1.807, 2.05) is 13.8 Å². The van der Waals surface area contributed by atoms with Crippen molar-refractivity contribution in [3.63, 3.8) is 0 Å². The summed E-state index contributed by atoms with van der Waals surface area (Å²) in [6.45, 7) is 3.82. The van der Waals surface area contributed by atoms with Gasteiger partial charge in [0.1, 0.15) is 30.2 Å². The number of carbonyl (C=O) groups is 8. The molecule has 3 rings (SSSR count). The van der Waals surface area contributed by atoms with Gasteiger partial charge in [-0.3, -0.25) is 38.6 Å². The molecule has 0 radical (unpaired) electrons. The van der Waals surface area contributed by atoms with Crippen molar-refractivity contribution in [1.29, 1.82) is 0 Å². The SMILES string of the molecule is CC(C)C[C@H](NC(=O)[C@H](Cc1ccccc1)NC(=O)[C@@H]1CCCN1C(=O)CNC(=O)[C@H](CCC(N)=O)NC(=O)[C@@H]1CCCN1C(=O)[C@@H](N)CCCN=C(N)N)C(=O)O. The van der Waals surface area contributed by atoms with Crippen LogP contribution >= 0.6 is 0 Å². The number of hydrogen-bond acceptors (Lipinski definition) is 10. The first-order valence-electron chi connectivity index (χ1n) is 19.6. The summed E-state index contributed by atoms with van der Waals surface area (Å²) in [5, 5.41) is 20.1. The number of nitrogens with two attached hydrogens (primary N) is 4. The molecule has 2 saturated heterocycles. The number of nitrogens with zero attached hydrogens (tertiary/aromatic N) is 3. The molecule has 1 aromatic rings. The molecule has 0 unspecified atom stereocenters. The first-order chi connectivity index (χ1) is 27.5. The number of likely N-dealkylation sites (tertiary alicyclic amines) is 2. The van der Waals surface area contributed by atoms with Gasteiger partial charge >= 0.3 is 5.97 Å². The third-order valence-corrected chi connectivity index (χ3v) is 9.96. The van der Waals surface area contributed by atoms with Crippen molar-refractivity contribution in [2.75, 3.05) is 26.2 Å². The van der Waals surface area contributed by atoms with Crippen molar-refractivity contribution >= 4 is 53.3 Å². The van der Waals surface area contributed by atoms with E-state index in [-0.39, 0.29) is 70.0 Å². The quantitative estimate of drug-likeness (QED) is 0.0335. The summed E-state index contributed by atoms with van der Waals surface area (Å²) in [6.07, 6.45) is 2.03. The Hall–Kier alpha value is -5.79. The molecule has 0 aliphatic carbocycles. The van der Waals surface area contributed by atoms with Gasteiger partial charge in [0.05, 0.1) is 12.6 Å². The number of benzene rings is 1. The first-order valence-corrected chi connectivity index (χ1v) is 19.6. The number of aliphatic imine (C=N–C) groups is 1. The van der Waals surface area contributed by atoms with Gasteiger partial charge in [-0.2, -0.15) is 0 Å². The maximum atomic E-state index is 13.7. The number of guanidine groups is 1. The van der Waals surface area contributed by atoms with Crippen LogP contribution < -0.4 is 44.2 Å². The Morgan fingerprint density at radius 3 is 2.00 bits per heavy atom. The van der Waals surface area contributed by atoms with E-state index < -0.39 is 90.1 Å². The average Bonchev–Trinajstić information content (AvgIpc) is 3.87. The van der Waals surface area contributed by atoms with E-state index in [0.29, 0.717) is 31.2 Å². The highest BCUT2D eigenvalue weighted by atomic mass is 16.4. The number of carboxylic acids is 1. The van der Waals surface area contributed by atoms with E-state index in [0.717, 1.165) is 0 Å². The number of nitrogens with one attached hydrogen (secondary N) is 4. The average molecular weight is 814 g/mol. The number of amides is 7. The van der Waals surface area contributed by atoms with Crippen LogP contribution in [0.15, 0.2) is 35.3 Å². The molecule has 0 bridgehead atoms. The molecule has 58 heavy (non-hydrogen) atoms. The molecule has 1 aromatic carbocycles. The Morgan fingerprint density at radius 2 is 1.41 bits per heavy atom. The molecule has 2 heterocycles. The molecule has 20 heteroatoms. The summed E-state index contributed by atoms with van der Waals surface area (Å²) in [4.78, 5) is 111. The van der Waals surface area contributed by atoms with Gasteiger partial charge in [0.2, 0.25) is 41.4 Å². The molecule has 13 N–H and O–H groups in total. The van der Waals surface area contributed by atoms with Gasteiger partial charge < -0.3 is 59.1 Å². The Balaban J connectivity index is 1.65. The lowest BCUT2D eigenvalue weighted by Crippen LogP contribution is -2.57. The zero-order valence-corrected chi connectivity index (χ0v) is 33.2. The molecular formula is C38H59N11O9. The summed E-state index contributed by atoms with van der Waals surface area (Å²) in [7, 11) is 0. The monoisotopic (exact) mass is 813 g/mol. The van der Waals surface area contributed by atoms with Crippen molar-refractivity contribution in [3.8, 4) is 0 Å². The Morgan fingerprint density at radius 1 is 0.810 bits per heavy atom. The second-order valence-electron chi connectivity index (χ2n) is 15.1. The molecule has 20 nitrogen and oxygen atoms in total. The van der Waals surface area contributed by atoms with Crippen LogP contribution in [0.4, 0.5) is 0 Å². The zero-order chi connectivity index (χ0) is 42.9. The standard InChI is InChI=1S/C38H59N11O9/c1-22(2)19-27(37(57)58)47-33(53)26(20-23-9-4-3-5-10-23)46-34(54)28-12-7-17-48(28)31(51)21-44-32(52)25(14-15-30(40)50)45-35(55)29-13-8-18-49(29)36(56)24(39)11-6-16-43-38(41)42/h3-5,9-10,22,24-29H,6-8,11-21,39H2,1-2H3,(H2,40,50)(H,44,52)(H,45,55)(H,46,54)(H,47,53)(H,57,58)(H4,41,42,43)/t24-,25-,26-,27-,28-,29-/m0/s1. The van der Waals surface area contributed by atoms with Crippen LogP contribution in [0, 0.1) is 5.92 Å². The molecule has 0 aromatic heterocycles. The minimum Gasteiger partial charge on any atom is -0.480 e. The minimum absolute atomic E-state index is 0.0328. The Labute approximate surface area is 337 Å². The highest BCUT2D eigenvalue weighted by Gasteiger charge is 2.39. The van der Waals surface area contributed by atoms with Gasteiger partial charge in [-0.25, -0.2) is 4.79 Å². The predicted molar refractivity (Wildman–Crippen MR) is 212 cm³/mol. The second-order valence-corrected chi connectivity index (χ2v) is 15.1. The topological polar surface area (TPSA) is 328 Å². The normalized spacial score (nSPS) is 18.3. The fourth-order valence-corrected chi connectivity index (χ4v) is 7.00. The van der Waals surface area contributed by atoms with E-state index in [2.05, 4.69) is 26.3 Å². The van der Waals surface area contributed by atoms with Crippen molar-refractivity contribution in [3.05, 3.63) is 35.9 Å². The molecule has 320 valence electrons. The van der Waals surface area contributed by atoms with E-state index in [1.54, 1.807) is 30.3 Å². The van der Waals surface area contributed by atoms with Gasteiger partial charge in [0.25, 0.3) is 0 Å². The van der Waals surface area contributed by atoms with Crippen LogP contribution in [0.25, 0.3) is 0 Å². The fourth-order valence-electron chi connectivity index (χ4n) is 7.00. The van der Waals surface area contributed by atoms with Crippen LogP contribution in [0.5, 0.6) is 0 Å². The predicted octanol–water partition coefficient (Wildman–Crippen LogP) is -2.44. The highest BCUT2D eigenvalue weighted by Crippen LogP contribution is 2.21. The lowest BCUT2D eigenvalue weighted by atomic mass is 10.0. The summed E-state index contributed by atoms with van der Waals surface area (Å²) < 4.78 is 0. The smallest absolute Gasteiger partial charge is 0.326 e. The molecule has 7 amide bonds. The number of primary amides is 1. The third kappa shape index (κ3) is 14.6. The Kier molecular flexibility index (Phi) is 18.3. The summed E-state index contributed by atoms with van der Waals surface area (Å²) >= 11 is 0. The van der Waals surface area contributed by atoms with Crippen LogP contribution in [0.3, 0.4) is 0 Å². The molecular weight excluding hydrogens is 754 g/mol. The van der Waals surface area contributed by atoms with Gasteiger partial charge in [-0.15, -0.1) is 0 Å². The van der Waals surface area contributed by atoms with E-state index in [9.17, 15) is 43.5 Å². The summed E-state index contributed by atoms with van der Waals surface area (Å²) in [6, 6.07) is 2.40. The number of carbonyl (C=O) groups excluding carboxylic acids is 7. The first kappa shape index (κ1) is 46.6. The largest absolute Gasteiger partial charge is 0.480 e. The molecule has 2 fully saturated rings. The van der Waals surface area contributed by atoms with Gasteiger partial charge in [0.15, 0.2) is 5.96 Å². The molecule has 0 saturated carbocycles. The summed E-state index contributed by atoms with van der Waals surface area (Å²) in [5.74, 6) is -5.85. The van der Waals surface area contributed by atoms with Crippen molar-refractivity contribution in [2.24, 2.45) is 33.8 Å². The van der Waals surface area contributed by atoms with E-state index in [1.165, 1.54) is 9.80 Å². The molecule has 2 aliphatic heterocycles. The Bertz CT molecular complexity index is 1650. The maximum absolute atomic E-state index is 13.7. The second kappa shape index (κ2) is 22.8. The van der Waals surface area contributed by atoms with Gasteiger partial charge in [-0.1, -0.05) is 44.2 Å². The van der Waals surface area contributed by atoms with Crippen molar-refractivity contribution in [2.45, 2.75) is 114 Å². The summed E-state index contributed by atoms with van der Waals surface area (Å²) in [5.41, 5.74) is 22.8. The maximum Gasteiger partial charge on any atom is 0.326 e. The van der Waals surface area contributed by atoms with E-state index in [4.69, 9.17) is 22.9 Å². The number of hydrogen-bond donors (Lipinski definition) is 9. The van der Waals surface area contributed by atoms with E-state index >= 15 is 0 Å². The zero-order valence-electron chi connectivity index (χ0n) is 33.2. The van der Waals surface area contributed by atoms with Crippen LogP contribution in [0.1, 0.15) is 77.2 Å². The fraction of sp³-hybridized carbons (Fsp3) is 0.605. The number of rotatable bonds is 22. The van der Waals surface area contributed by atoms with Crippen molar-refractivity contribution < 1.29 is 43.5 Å². The molecule has 0 spiro atoms. The lowest BCUT2D eigenvalue weighted by Gasteiger charge is -2.29.